The molecule has 13 unspecified atom stereocenters. The number of aliphatic hydroxyl groups is 1. The number of likely N-dealkylation sites (N-methyl/N-ethyl adjacent to an activating group) is 1. The Hall–Kier alpha value is -4.41. The average Bonchev–Trinajstić information content (AvgIpc) is 1.86. The minimum atomic E-state index is -0.384. The first-order chi connectivity index (χ1) is 53.9. The van der Waals surface area contributed by atoms with E-state index in [1.165, 1.54) is 110 Å². The SMILES string of the molecule is C=CC(=O)OCC1CO1.CCC(COCC1CO1)(COCC1CO1)COCC1CO1.CCC1CO1.CCCCC(CC)COCC1CO1.CCCCCCC(C)(C)C(=O)OCC1CO1.CCCCCCCCCCOCC1CO1.CNC(=O)C1CO1.COC(=O)C1CO1.O=C(OCC1CO1)c1ccccc1.OCC1CO1. The van der Waals surface area contributed by atoms with Gasteiger partial charge in [0.15, 0.2) is 12.2 Å². The number of benzene rings is 1. The van der Waals surface area contributed by atoms with Crippen LogP contribution in [0.1, 0.15) is 188 Å². The van der Waals surface area contributed by atoms with Crippen LogP contribution in [0.15, 0.2) is 43.0 Å². The molecule has 12 fully saturated rings. The molecule has 12 aliphatic rings. The number of carbonyl (C=O) groups excluding carboxylic acids is 5. The number of ether oxygens (including phenoxy) is 21. The van der Waals surface area contributed by atoms with Crippen molar-refractivity contribution in [2.45, 2.75) is 251 Å². The molecule has 28 heteroatoms. The van der Waals surface area contributed by atoms with Crippen LogP contribution in [0, 0.1) is 16.7 Å². The predicted molar refractivity (Wildman–Crippen MR) is 414 cm³/mol. The molecule has 0 spiro atoms. The van der Waals surface area contributed by atoms with Crippen molar-refractivity contribution in [1.82, 2.24) is 5.32 Å². The van der Waals surface area contributed by atoms with Crippen LogP contribution in [-0.4, -0.2) is 294 Å². The molecule has 0 radical (unpaired) electrons. The molecular formula is C83H143NO27. The fraction of sp³-hybridized carbons (Fsp3) is 0.843. The average molecular weight is 1590 g/mol. The van der Waals surface area contributed by atoms with Gasteiger partial charge in [-0.2, -0.15) is 0 Å². The van der Waals surface area contributed by atoms with Crippen molar-refractivity contribution < 1.29 is 129 Å². The molecule has 13 atom stereocenters. The Morgan fingerprint density at radius 1 is 0.495 bits per heavy atom. The van der Waals surface area contributed by atoms with Gasteiger partial charge in [0.05, 0.1) is 163 Å². The summed E-state index contributed by atoms with van der Waals surface area (Å²) in [5.41, 5.74) is 0.143. The molecule has 2 N–H and O–H groups in total. The lowest BCUT2D eigenvalue weighted by Gasteiger charge is -2.32. The predicted octanol–water partition coefficient (Wildman–Crippen LogP) is 9.93. The third kappa shape index (κ3) is 59.9. The number of carbonyl (C=O) groups is 5. The van der Waals surface area contributed by atoms with E-state index in [0.29, 0.717) is 128 Å². The van der Waals surface area contributed by atoms with Crippen molar-refractivity contribution in [1.29, 1.82) is 0 Å². The molecule has 12 aliphatic heterocycles. The van der Waals surface area contributed by atoms with Crippen LogP contribution in [-0.2, 0) is 119 Å². The second-order valence-corrected chi connectivity index (χ2v) is 29.9. The number of nitrogens with one attached hydrogen (secondary N) is 1. The van der Waals surface area contributed by atoms with E-state index in [1.807, 2.05) is 32.0 Å². The van der Waals surface area contributed by atoms with E-state index in [1.54, 1.807) is 19.2 Å². The molecule has 1 aromatic rings. The molecule has 0 saturated carbocycles. The molecule has 1 amide bonds. The van der Waals surface area contributed by atoms with Crippen molar-refractivity contribution in [3.05, 3.63) is 48.6 Å². The quantitative estimate of drug-likeness (QED) is 0.0201. The summed E-state index contributed by atoms with van der Waals surface area (Å²) in [6, 6.07) is 8.95. The Morgan fingerprint density at radius 3 is 1.25 bits per heavy atom. The van der Waals surface area contributed by atoms with Gasteiger partial charge in [-0.25, -0.2) is 14.4 Å². The zero-order chi connectivity index (χ0) is 80.6. The fourth-order valence-corrected chi connectivity index (χ4v) is 9.46. The molecule has 642 valence electrons. The maximum absolute atomic E-state index is 11.8. The highest BCUT2D eigenvalue weighted by Gasteiger charge is 2.37. The number of amides is 1. The van der Waals surface area contributed by atoms with Gasteiger partial charge in [0.2, 0.25) is 0 Å². The highest BCUT2D eigenvalue weighted by Crippen LogP contribution is 2.29. The standard InChI is InChI=1S/C15H26O6.C13H24O3.C13H26O2.C11H22O2.C10H10O3.C6H8O3.C4H7NO2.C4H6O3.C4H8O.C3H6O2/c1-2-15(9-16-3-12-6-19-12,10-17-4-13-7-20-13)11-18-5-14-8-21-14;1-4-5-6-7-8-13(2,3)12(14)16-10-11-9-15-11;1-2-3-4-5-6-7-8-9-10-14-11-13-12-15-13;1-3-5-6-10(4-2)7-12-8-11-9-13-11;11-10(13-7-9-6-12-9)8-4-2-1-3-5-8;1-2-6(7)9-4-5-3-8-5;1-5-4(6)3-2-7-3;1-6-4(5)3-2-7-3;1-2-4-3-5-4;4-1-3-2-5-3/h12-14H,2-11H2,1H3;11H,4-10H2,1-3H3;13H,2-12H2,1H3;10-11H,3-9H2,1-2H3;1-5,9H,6-7H2;2,5H,1,3-4H2;3H,2H2,1H3,(H,5,6);3H,2H2,1H3;4H,2-3H2,1H3;3-4H,1-2H2. The molecule has 0 bridgehead atoms. The van der Waals surface area contributed by atoms with Gasteiger partial charge in [0.1, 0.15) is 74.8 Å². The minimum absolute atomic E-state index is 0.0139. The number of rotatable bonds is 50. The Kier molecular flexibility index (Phi) is 54.4. The largest absolute Gasteiger partial charge is 0.467 e. The molecule has 28 nitrogen and oxygen atoms in total. The third-order valence-corrected chi connectivity index (χ3v) is 18.5. The summed E-state index contributed by atoms with van der Waals surface area (Å²) in [5.74, 6) is -0.264. The molecule has 13 rings (SSSR count). The van der Waals surface area contributed by atoms with Crippen molar-refractivity contribution in [2.24, 2.45) is 16.7 Å². The van der Waals surface area contributed by atoms with E-state index in [0.717, 1.165) is 111 Å². The highest BCUT2D eigenvalue weighted by molar-refractivity contribution is 5.89. The second kappa shape index (κ2) is 61.0. The monoisotopic (exact) mass is 1590 g/mol. The van der Waals surface area contributed by atoms with E-state index in [-0.39, 0.29) is 83.8 Å². The van der Waals surface area contributed by atoms with Crippen LogP contribution >= 0.6 is 0 Å². The number of methoxy groups -OCH3 is 1. The smallest absolute Gasteiger partial charge is 0.338 e. The van der Waals surface area contributed by atoms with Crippen molar-refractivity contribution in [3.63, 3.8) is 0 Å². The number of hydrogen-bond donors (Lipinski definition) is 2. The first-order valence-corrected chi connectivity index (χ1v) is 41.3. The lowest BCUT2D eigenvalue weighted by Crippen LogP contribution is -2.38. The lowest BCUT2D eigenvalue weighted by molar-refractivity contribution is -0.155. The molecule has 1 aromatic carbocycles. The first-order valence-electron chi connectivity index (χ1n) is 41.3. The summed E-state index contributed by atoms with van der Waals surface area (Å²) >= 11 is 0. The maximum Gasteiger partial charge on any atom is 0.338 e. The van der Waals surface area contributed by atoms with Gasteiger partial charge >= 0.3 is 23.9 Å². The highest BCUT2D eigenvalue weighted by atomic mass is 16.7. The van der Waals surface area contributed by atoms with E-state index in [4.69, 9.17) is 80.9 Å². The Balaban J connectivity index is 0.000000267. The van der Waals surface area contributed by atoms with Crippen LogP contribution in [0.4, 0.5) is 0 Å². The maximum atomic E-state index is 11.8. The number of unbranched alkanes of at least 4 members (excludes halogenated alkanes) is 11. The summed E-state index contributed by atoms with van der Waals surface area (Å²) in [6.45, 7) is 38.5. The van der Waals surface area contributed by atoms with Crippen molar-refractivity contribution >= 4 is 29.8 Å². The number of hydrogen-bond acceptors (Lipinski definition) is 27. The summed E-state index contributed by atoms with van der Waals surface area (Å²) < 4.78 is 107. The fourth-order valence-electron chi connectivity index (χ4n) is 9.46. The van der Waals surface area contributed by atoms with E-state index >= 15 is 0 Å². The summed E-state index contributed by atoms with van der Waals surface area (Å²) in [7, 11) is 2.95. The molecular weight excluding hydrogens is 1440 g/mol. The zero-order valence-electron chi connectivity index (χ0n) is 69.1. The van der Waals surface area contributed by atoms with Gasteiger partial charge in [-0.3, -0.25) is 9.59 Å². The number of esters is 4. The normalized spacial score (nSPS) is 24.9. The van der Waals surface area contributed by atoms with Crippen LogP contribution < -0.4 is 5.32 Å². The van der Waals surface area contributed by atoms with Crippen LogP contribution in [0.5, 0.6) is 0 Å². The Labute approximate surface area is 662 Å². The topological polar surface area (TPSA) is 351 Å². The van der Waals surface area contributed by atoms with Gasteiger partial charge in [-0.05, 0) is 64.0 Å². The van der Waals surface area contributed by atoms with Crippen LogP contribution in [0.2, 0.25) is 0 Å². The molecule has 0 aliphatic carbocycles. The van der Waals surface area contributed by atoms with Gasteiger partial charge < -0.3 is 110 Å². The van der Waals surface area contributed by atoms with Gasteiger partial charge in [-0.15, -0.1) is 0 Å². The van der Waals surface area contributed by atoms with Gasteiger partial charge in [0, 0.05) is 31.8 Å². The number of epoxide rings is 12. The van der Waals surface area contributed by atoms with Crippen molar-refractivity contribution in [2.75, 3.05) is 186 Å². The molecule has 111 heavy (non-hydrogen) atoms. The van der Waals surface area contributed by atoms with Gasteiger partial charge in [-0.1, -0.05) is 156 Å². The number of aliphatic hydroxyl groups excluding tert-OH is 1. The van der Waals surface area contributed by atoms with Crippen LogP contribution in [0.3, 0.4) is 0 Å². The zero-order valence-corrected chi connectivity index (χ0v) is 69.1. The van der Waals surface area contributed by atoms with E-state index in [9.17, 15) is 24.0 Å². The Morgan fingerprint density at radius 2 is 0.901 bits per heavy atom. The molecule has 12 heterocycles. The molecule has 12 saturated heterocycles. The summed E-state index contributed by atoms with van der Waals surface area (Å²) in [5, 5.41) is 10.5. The van der Waals surface area contributed by atoms with E-state index < -0.39 is 0 Å². The van der Waals surface area contributed by atoms with E-state index in [2.05, 4.69) is 77.1 Å². The summed E-state index contributed by atoms with van der Waals surface area (Å²) in [4.78, 5) is 54.0. The van der Waals surface area contributed by atoms with Crippen LogP contribution in [0.25, 0.3) is 0 Å². The molecule has 0 aromatic heterocycles. The van der Waals surface area contributed by atoms with Crippen molar-refractivity contribution in [3.8, 4) is 0 Å². The minimum Gasteiger partial charge on any atom is -0.467 e. The Bertz CT molecular complexity index is 2430. The second-order valence-electron chi connectivity index (χ2n) is 29.9. The first kappa shape index (κ1) is 99.0. The lowest BCUT2D eigenvalue weighted by atomic mass is 9.87. The van der Waals surface area contributed by atoms with Gasteiger partial charge in [0.25, 0.3) is 5.91 Å². The summed E-state index contributed by atoms with van der Waals surface area (Å²) in [6.07, 6.45) is 27.7. The third-order valence-electron chi connectivity index (χ3n) is 18.5.